The Labute approximate surface area is 166 Å². The lowest BCUT2D eigenvalue weighted by atomic mass is 10.2. The summed E-state index contributed by atoms with van der Waals surface area (Å²) in [4.78, 5) is 25.7. The van der Waals surface area contributed by atoms with Crippen LogP contribution in [0.2, 0.25) is 0 Å². The lowest BCUT2D eigenvalue weighted by Crippen LogP contribution is -2.20. The third-order valence-electron chi connectivity index (χ3n) is 3.33. The van der Waals surface area contributed by atoms with E-state index in [1.54, 1.807) is 30.0 Å². The zero-order chi connectivity index (χ0) is 19.5. The minimum atomic E-state index is -0.591. The van der Waals surface area contributed by atoms with E-state index >= 15 is 0 Å². The third kappa shape index (κ3) is 7.21. The molecule has 5 nitrogen and oxygen atoms in total. The first-order valence-electron chi connectivity index (χ1n) is 8.00. The number of thioether (sulfide) groups is 2. The van der Waals surface area contributed by atoms with E-state index in [0.717, 1.165) is 15.4 Å². The first-order chi connectivity index (χ1) is 13.1. The average molecular weight is 399 g/mol. The average Bonchev–Trinajstić information content (AvgIpc) is 2.70. The van der Waals surface area contributed by atoms with Gasteiger partial charge < -0.3 is 10.1 Å². The fourth-order valence-electron chi connectivity index (χ4n) is 2.06. The van der Waals surface area contributed by atoms with Gasteiger partial charge in [-0.05, 0) is 42.2 Å². The highest BCUT2D eigenvalue weighted by Gasteiger charge is 2.09. The van der Waals surface area contributed by atoms with E-state index in [-0.39, 0.29) is 12.4 Å². The number of hydrogen-bond acceptors (Lipinski definition) is 6. The lowest BCUT2D eigenvalue weighted by Gasteiger charge is -2.09. The Kier molecular flexibility index (Phi) is 8.49. The number of esters is 1. The van der Waals surface area contributed by atoms with Gasteiger partial charge in [0.25, 0.3) is 5.91 Å². The Hall–Kier alpha value is -2.69. The van der Waals surface area contributed by atoms with Gasteiger partial charge >= 0.3 is 5.97 Å². The van der Waals surface area contributed by atoms with E-state index in [1.807, 2.05) is 48.7 Å². The molecule has 1 amide bonds. The highest BCUT2D eigenvalue weighted by atomic mass is 32.2. The normalized spacial score (nSPS) is 10.4. The minimum Gasteiger partial charge on any atom is -0.452 e. The molecule has 0 saturated heterocycles. The van der Waals surface area contributed by atoms with Crippen molar-refractivity contribution < 1.29 is 14.3 Å². The van der Waals surface area contributed by atoms with Crippen LogP contribution in [0.5, 0.6) is 0 Å². The van der Waals surface area contributed by atoms with Crippen LogP contribution in [0.15, 0.2) is 64.4 Å². The Balaban J connectivity index is 1.83. The number of hydrogen-bond donors (Lipinski definition) is 1. The summed E-state index contributed by atoms with van der Waals surface area (Å²) < 4.78 is 4.96. The number of benzene rings is 2. The Morgan fingerprint density at radius 2 is 1.93 bits per heavy atom. The number of nitrogens with one attached hydrogen (secondary N) is 1. The van der Waals surface area contributed by atoms with Crippen molar-refractivity contribution in [2.75, 3.05) is 23.9 Å². The molecule has 27 heavy (non-hydrogen) atoms. The summed E-state index contributed by atoms with van der Waals surface area (Å²) in [5.74, 6) is -0.748. The number of ether oxygens (including phenoxy) is 1. The van der Waals surface area contributed by atoms with Gasteiger partial charge in [-0.2, -0.15) is 5.26 Å². The SMILES string of the molecule is CSc1ccc(/C=C/C(=O)OCC(=O)Nc2ccccc2SCC#N)cc1. The van der Waals surface area contributed by atoms with E-state index in [1.165, 1.54) is 17.8 Å². The molecule has 1 N–H and O–H groups in total. The molecular weight excluding hydrogens is 380 g/mol. The van der Waals surface area contributed by atoms with Crippen LogP contribution in [0.4, 0.5) is 5.69 Å². The number of carbonyl (C=O) groups excluding carboxylic acids is 2. The van der Waals surface area contributed by atoms with Crippen LogP contribution in [0.1, 0.15) is 5.56 Å². The predicted molar refractivity (Wildman–Crippen MR) is 110 cm³/mol. The first-order valence-corrected chi connectivity index (χ1v) is 10.2. The third-order valence-corrected chi connectivity index (χ3v) is 5.01. The molecule has 7 heteroatoms. The van der Waals surface area contributed by atoms with Crippen LogP contribution in [0.25, 0.3) is 6.08 Å². The molecule has 2 aromatic carbocycles. The summed E-state index contributed by atoms with van der Waals surface area (Å²) in [7, 11) is 0. The number of amides is 1. The maximum absolute atomic E-state index is 12.0. The van der Waals surface area contributed by atoms with Crippen molar-refractivity contribution in [1.29, 1.82) is 5.26 Å². The number of nitrogens with zero attached hydrogens (tertiary/aromatic N) is 1. The Morgan fingerprint density at radius 3 is 2.63 bits per heavy atom. The summed E-state index contributed by atoms with van der Waals surface area (Å²) >= 11 is 2.97. The van der Waals surface area contributed by atoms with Gasteiger partial charge in [-0.25, -0.2) is 4.79 Å². The smallest absolute Gasteiger partial charge is 0.331 e. The largest absolute Gasteiger partial charge is 0.452 e. The van der Waals surface area contributed by atoms with Gasteiger partial charge in [0.2, 0.25) is 0 Å². The van der Waals surface area contributed by atoms with Gasteiger partial charge in [-0.1, -0.05) is 24.3 Å². The highest BCUT2D eigenvalue weighted by molar-refractivity contribution is 7.99. The molecule has 0 spiro atoms. The second kappa shape index (κ2) is 11.1. The van der Waals surface area contributed by atoms with Crippen LogP contribution in [-0.4, -0.2) is 30.5 Å². The van der Waals surface area contributed by atoms with Crippen molar-refractivity contribution in [1.82, 2.24) is 0 Å². The molecule has 0 aliphatic heterocycles. The molecule has 2 rings (SSSR count). The zero-order valence-electron chi connectivity index (χ0n) is 14.7. The molecule has 2 aromatic rings. The van der Waals surface area contributed by atoms with E-state index in [4.69, 9.17) is 10.00 Å². The predicted octanol–water partition coefficient (Wildman–Crippen LogP) is 4.22. The highest BCUT2D eigenvalue weighted by Crippen LogP contribution is 2.26. The number of para-hydroxylation sites is 1. The maximum atomic E-state index is 12.0. The van der Waals surface area contributed by atoms with Crippen molar-refractivity contribution in [2.45, 2.75) is 9.79 Å². The summed E-state index contributed by atoms with van der Waals surface area (Å²) in [6.45, 7) is -0.383. The number of rotatable bonds is 8. The van der Waals surface area contributed by atoms with Gasteiger partial charge in [0.05, 0.1) is 17.5 Å². The van der Waals surface area contributed by atoms with E-state index < -0.39 is 11.9 Å². The summed E-state index contributed by atoms with van der Waals surface area (Å²) in [6.07, 6.45) is 4.92. The zero-order valence-corrected chi connectivity index (χ0v) is 16.3. The second-order valence-electron chi connectivity index (χ2n) is 5.21. The quantitative estimate of drug-likeness (QED) is 0.407. The van der Waals surface area contributed by atoms with Crippen molar-refractivity contribution in [3.63, 3.8) is 0 Å². The first kappa shape index (κ1) is 20.6. The molecule has 0 fully saturated rings. The second-order valence-corrected chi connectivity index (χ2v) is 7.10. The summed E-state index contributed by atoms with van der Waals surface area (Å²) in [5.41, 5.74) is 1.46. The standard InChI is InChI=1S/C20H18N2O3S2/c1-26-16-9-6-15(7-10-16)8-11-20(24)25-14-19(23)22-17-4-2-3-5-18(17)27-13-12-21/h2-11H,13-14H2,1H3,(H,22,23)/b11-8+. The molecule has 0 heterocycles. The van der Waals surface area contributed by atoms with Gasteiger partial charge in [-0.3, -0.25) is 4.79 Å². The van der Waals surface area contributed by atoms with Crippen LogP contribution in [0, 0.1) is 11.3 Å². The molecule has 0 unspecified atom stereocenters. The minimum absolute atomic E-state index is 0.282. The Bertz CT molecular complexity index is 858. The van der Waals surface area contributed by atoms with Gasteiger partial charge in [0.1, 0.15) is 0 Å². The molecule has 0 saturated carbocycles. The molecular formula is C20H18N2O3S2. The fraction of sp³-hybridized carbons (Fsp3) is 0.150. The summed E-state index contributed by atoms with van der Waals surface area (Å²) in [5, 5.41) is 11.4. The summed E-state index contributed by atoms with van der Waals surface area (Å²) in [6, 6.07) is 16.9. The molecule has 0 radical (unpaired) electrons. The lowest BCUT2D eigenvalue weighted by molar-refractivity contribution is -0.142. The molecule has 0 aromatic heterocycles. The van der Waals surface area contributed by atoms with Crippen LogP contribution in [0.3, 0.4) is 0 Å². The topological polar surface area (TPSA) is 79.2 Å². The van der Waals surface area contributed by atoms with E-state index in [9.17, 15) is 9.59 Å². The Morgan fingerprint density at radius 1 is 1.19 bits per heavy atom. The number of carbonyl (C=O) groups is 2. The fourth-order valence-corrected chi connectivity index (χ4v) is 3.13. The van der Waals surface area contributed by atoms with Crippen LogP contribution in [-0.2, 0) is 14.3 Å². The van der Waals surface area contributed by atoms with Crippen molar-refractivity contribution in [3.8, 4) is 6.07 Å². The molecule has 0 bridgehead atoms. The van der Waals surface area contributed by atoms with E-state index in [0.29, 0.717) is 5.69 Å². The van der Waals surface area contributed by atoms with Crippen LogP contribution < -0.4 is 5.32 Å². The molecule has 0 atom stereocenters. The molecule has 0 aliphatic rings. The molecule has 0 aliphatic carbocycles. The van der Waals surface area contributed by atoms with Gasteiger partial charge in [0, 0.05) is 15.9 Å². The van der Waals surface area contributed by atoms with Gasteiger partial charge in [-0.15, -0.1) is 23.5 Å². The monoisotopic (exact) mass is 398 g/mol. The number of anilines is 1. The number of nitriles is 1. The van der Waals surface area contributed by atoms with Crippen molar-refractivity contribution in [2.24, 2.45) is 0 Å². The van der Waals surface area contributed by atoms with Crippen LogP contribution >= 0.6 is 23.5 Å². The molecule has 138 valence electrons. The van der Waals surface area contributed by atoms with E-state index in [2.05, 4.69) is 5.32 Å². The maximum Gasteiger partial charge on any atom is 0.331 e. The van der Waals surface area contributed by atoms with Crippen molar-refractivity contribution >= 4 is 47.2 Å². The van der Waals surface area contributed by atoms with Crippen molar-refractivity contribution in [3.05, 3.63) is 60.2 Å². The van der Waals surface area contributed by atoms with Gasteiger partial charge in [0.15, 0.2) is 6.61 Å².